The van der Waals surface area contributed by atoms with E-state index in [1.54, 1.807) is 6.07 Å². The molecular formula is C16H21ClN2. The lowest BCUT2D eigenvalue weighted by Gasteiger charge is -2.27. The lowest BCUT2D eigenvalue weighted by atomic mass is 9.80. The zero-order valence-electron chi connectivity index (χ0n) is 11.9. The van der Waals surface area contributed by atoms with Gasteiger partial charge in [-0.25, -0.2) is 0 Å². The topological polar surface area (TPSA) is 27.0 Å². The van der Waals surface area contributed by atoms with Crippen molar-refractivity contribution >= 4 is 11.6 Å². The third kappa shape index (κ3) is 3.49. The predicted molar refractivity (Wildman–Crippen MR) is 79.0 cm³/mol. The van der Waals surface area contributed by atoms with Crippen molar-refractivity contribution in [3.8, 4) is 6.07 Å². The minimum atomic E-state index is 0.378. The van der Waals surface area contributed by atoms with Gasteiger partial charge in [0.2, 0.25) is 0 Å². The maximum Gasteiger partial charge on any atom is 0.0992 e. The van der Waals surface area contributed by atoms with E-state index in [1.807, 2.05) is 12.1 Å². The molecule has 1 aromatic rings. The molecule has 1 aliphatic heterocycles. The summed E-state index contributed by atoms with van der Waals surface area (Å²) >= 11 is 6.24. The number of rotatable bonds is 2. The van der Waals surface area contributed by atoms with Crippen LogP contribution in [0.2, 0.25) is 5.02 Å². The van der Waals surface area contributed by atoms with Crippen molar-refractivity contribution in [2.24, 2.45) is 11.3 Å². The Morgan fingerprint density at radius 3 is 2.68 bits per heavy atom. The van der Waals surface area contributed by atoms with E-state index in [0.29, 0.717) is 16.0 Å². The SMILES string of the molecule is CC(C)(C)C1CCN(Cc2ccc(C#N)cc2Cl)C1. The summed E-state index contributed by atoms with van der Waals surface area (Å²) in [5, 5.41) is 9.55. The molecule has 1 saturated heterocycles. The van der Waals surface area contributed by atoms with Gasteiger partial charge in [0.25, 0.3) is 0 Å². The Balaban J connectivity index is 2.02. The van der Waals surface area contributed by atoms with Gasteiger partial charge in [-0.1, -0.05) is 38.4 Å². The van der Waals surface area contributed by atoms with Crippen molar-refractivity contribution in [3.05, 3.63) is 34.3 Å². The molecule has 0 aromatic heterocycles. The molecule has 19 heavy (non-hydrogen) atoms. The second-order valence-corrected chi connectivity index (χ2v) is 6.91. The van der Waals surface area contributed by atoms with Crippen molar-refractivity contribution in [2.75, 3.05) is 13.1 Å². The number of hydrogen-bond donors (Lipinski definition) is 0. The number of benzene rings is 1. The summed E-state index contributed by atoms with van der Waals surface area (Å²) in [5.74, 6) is 0.754. The summed E-state index contributed by atoms with van der Waals surface area (Å²) in [6.07, 6.45) is 1.26. The van der Waals surface area contributed by atoms with Gasteiger partial charge in [0.1, 0.15) is 0 Å². The van der Waals surface area contributed by atoms with Gasteiger partial charge in [-0.3, -0.25) is 4.90 Å². The number of nitrogens with zero attached hydrogens (tertiary/aromatic N) is 2. The van der Waals surface area contributed by atoms with Gasteiger partial charge in [0.05, 0.1) is 11.6 Å². The van der Waals surface area contributed by atoms with Crippen LogP contribution in [0.25, 0.3) is 0 Å². The van der Waals surface area contributed by atoms with E-state index in [-0.39, 0.29) is 0 Å². The third-order valence-electron chi connectivity index (χ3n) is 4.07. The Hall–Kier alpha value is -1.04. The summed E-state index contributed by atoms with van der Waals surface area (Å²) in [6, 6.07) is 7.70. The Morgan fingerprint density at radius 2 is 2.16 bits per heavy atom. The van der Waals surface area contributed by atoms with Gasteiger partial charge in [0.15, 0.2) is 0 Å². The molecule has 102 valence electrons. The maximum atomic E-state index is 8.84. The fraction of sp³-hybridized carbons (Fsp3) is 0.562. The lowest BCUT2D eigenvalue weighted by Crippen LogP contribution is -2.25. The molecule has 1 aliphatic rings. The van der Waals surface area contributed by atoms with Gasteiger partial charge in [-0.05, 0) is 42.0 Å². The first kappa shape index (κ1) is 14.4. The minimum absolute atomic E-state index is 0.378. The molecule has 1 aromatic carbocycles. The van der Waals surface area contributed by atoms with E-state index in [9.17, 15) is 0 Å². The highest BCUT2D eigenvalue weighted by Gasteiger charge is 2.31. The first-order valence-corrected chi connectivity index (χ1v) is 7.19. The van der Waals surface area contributed by atoms with Gasteiger partial charge >= 0.3 is 0 Å². The molecule has 2 rings (SSSR count). The van der Waals surface area contributed by atoms with Crippen LogP contribution in [0, 0.1) is 22.7 Å². The second-order valence-electron chi connectivity index (χ2n) is 6.50. The fourth-order valence-corrected chi connectivity index (χ4v) is 2.91. The molecule has 0 radical (unpaired) electrons. The van der Waals surface area contributed by atoms with E-state index in [4.69, 9.17) is 16.9 Å². The standard InChI is InChI=1S/C16H21ClN2/c1-16(2,3)14-6-7-19(11-14)10-13-5-4-12(9-18)8-15(13)17/h4-5,8,14H,6-7,10-11H2,1-3H3. The Kier molecular flexibility index (Phi) is 4.18. The summed E-state index contributed by atoms with van der Waals surface area (Å²) in [6.45, 7) is 10.1. The van der Waals surface area contributed by atoms with E-state index in [1.165, 1.54) is 6.42 Å². The first-order valence-electron chi connectivity index (χ1n) is 6.81. The summed E-state index contributed by atoms with van der Waals surface area (Å²) < 4.78 is 0. The predicted octanol–water partition coefficient (Wildman–Crippen LogP) is 4.08. The Bertz CT molecular complexity index is 496. The average Bonchev–Trinajstić information content (AvgIpc) is 2.80. The van der Waals surface area contributed by atoms with E-state index < -0.39 is 0 Å². The van der Waals surface area contributed by atoms with Crippen LogP contribution in [0.4, 0.5) is 0 Å². The first-order chi connectivity index (χ1) is 8.90. The number of likely N-dealkylation sites (tertiary alicyclic amines) is 1. The molecule has 1 heterocycles. The van der Waals surface area contributed by atoms with Crippen LogP contribution >= 0.6 is 11.6 Å². The minimum Gasteiger partial charge on any atom is -0.299 e. The smallest absolute Gasteiger partial charge is 0.0992 e. The normalized spacial score (nSPS) is 20.5. The molecule has 1 unspecified atom stereocenters. The Morgan fingerprint density at radius 1 is 1.42 bits per heavy atom. The lowest BCUT2D eigenvalue weighted by molar-refractivity contribution is 0.226. The number of hydrogen-bond acceptors (Lipinski definition) is 2. The molecule has 0 saturated carbocycles. The maximum absolute atomic E-state index is 8.84. The zero-order valence-corrected chi connectivity index (χ0v) is 12.7. The van der Waals surface area contributed by atoms with Crippen LogP contribution in [-0.2, 0) is 6.54 Å². The van der Waals surface area contributed by atoms with Crippen LogP contribution < -0.4 is 0 Å². The average molecular weight is 277 g/mol. The third-order valence-corrected chi connectivity index (χ3v) is 4.43. The molecule has 0 amide bonds. The number of nitriles is 1. The van der Waals surface area contributed by atoms with Crippen molar-refractivity contribution in [1.82, 2.24) is 4.90 Å². The highest BCUT2D eigenvalue weighted by Crippen LogP contribution is 2.34. The van der Waals surface area contributed by atoms with Gasteiger partial charge in [0, 0.05) is 18.1 Å². The largest absolute Gasteiger partial charge is 0.299 e. The van der Waals surface area contributed by atoms with Crippen molar-refractivity contribution in [1.29, 1.82) is 5.26 Å². The molecule has 2 nitrogen and oxygen atoms in total. The van der Waals surface area contributed by atoms with E-state index in [0.717, 1.165) is 31.1 Å². The Labute approximate surface area is 121 Å². The summed E-state index contributed by atoms with van der Waals surface area (Å²) in [5.41, 5.74) is 2.13. The molecule has 0 N–H and O–H groups in total. The highest BCUT2D eigenvalue weighted by atomic mass is 35.5. The summed E-state index contributed by atoms with van der Waals surface area (Å²) in [7, 11) is 0. The monoisotopic (exact) mass is 276 g/mol. The number of halogens is 1. The molecule has 1 atom stereocenters. The van der Waals surface area contributed by atoms with Crippen LogP contribution in [0.3, 0.4) is 0 Å². The van der Waals surface area contributed by atoms with Crippen molar-refractivity contribution < 1.29 is 0 Å². The zero-order chi connectivity index (χ0) is 14.0. The fourth-order valence-electron chi connectivity index (χ4n) is 2.67. The highest BCUT2D eigenvalue weighted by molar-refractivity contribution is 6.31. The molecule has 0 spiro atoms. The molecule has 3 heteroatoms. The molecule has 1 fully saturated rings. The van der Waals surface area contributed by atoms with Crippen molar-refractivity contribution in [2.45, 2.75) is 33.7 Å². The second kappa shape index (κ2) is 5.53. The van der Waals surface area contributed by atoms with Crippen LogP contribution in [0.1, 0.15) is 38.3 Å². The van der Waals surface area contributed by atoms with Gasteiger partial charge in [-0.2, -0.15) is 5.26 Å². The van der Waals surface area contributed by atoms with Crippen LogP contribution in [0.15, 0.2) is 18.2 Å². The molecule has 0 aliphatic carbocycles. The molecule has 0 bridgehead atoms. The van der Waals surface area contributed by atoms with E-state index in [2.05, 4.69) is 31.7 Å². The van der Waals surface area contributed by atoms with E-state index >= 15 is 0 Å². The molecular weight excluding hydrogens is 256 g/mol. The quantitative estimate of drug-likeness (QED) is 0.814. The van der Waals surface area contributed by atoms with Gasteiger partial charge < -0.3 is 0 Å². The van der Waals surface area contributed by atoms with Crippen LogP contribution in [-0.4, -0.2) is 18.0 Å². The van der Waals surface area contributed by atoms with Crippen LogP contribution in [0.5, 0.6) is 0 Å². The summed E-state index contributed by atoms with van der Waals surface area (Å²) in [4.78, 5) is 2.46. The van der Waals surface area contributed by atoms with Gasteiger partial charge in [-0.15, -0.1) is 0 Å². The van der Waals surface area contributed by atoms with Crippen molar-refractivity contribution in [3.63, 3.8) is 0 Å².